The third-order valence-corrected chi connectivity index (χ3v) is 7.24. The smallest absolute Gasteiger partial charge is 0.325 e. The molecule has 4 N–H and O–H groups in total. The van der Waals surface area contributed by atoms with Crippen LogP contribution >= 0.6 is 11.3 Å². The molecule has 0 bridgehead atoms. The first-order chi connectivity index (χ1) is 20.5. The number of ether oxygens (including phenoxy) is 1. The molecule has 2 aromatic carbocycles. The van der Waals surface area contributed by atoms with Crippen LogP contribution in [0.5, 0.6) is 5.75 Å². The van der Waals surface area contributed by atoms with Crippen molar-refractivity contribution in [2.24, 2.45) is 0 Å². The minimum atomic E-state index is -0.352. The third kappa shape index (κ3) is 7.39. The summed E-state index contributed by atoms with van der Waals surface area (Å²) in [6, 6.07) is 18.8. The van der Waals surface area contributed by atoms with E-state index in [4.69, 9.17) is 4.74 Å². The summed E-state index contributed by atoms with van der Waals surface area (Å²) in [5, 5.41) is 19.1. The zero-order chi connectivity index (χ0) is 29.3. The number of imidazole rings is 1. The molecule has 0 radical (unpaired) electrons. The van der Waals surface area contributed by atoms with Crippen LogP contribution in [-0.4, -0.2) is 64.7 Å². The molecule has 5 aromatic rings. The summed E-state index contributed by atoms with van der Waals surface area (Å²) in [4.78, 5) is 32.0. The molecule has 0 saturated heterocycles. The van der Waals surface area contributed by atoms with E-state index in [0.29, 0.717) is 58.6 Å². The Balaban J connectivity index is 1.20. The predicted octanol–water partition coefficient (Wildman–Crippen LogP) is 5.58. The maximum Gasteiger partial charge on any atom is 0.325 e. The highest BCUT2D eigenvalue weighted by Crippen LogP contribution is 2.28. The Kier molecular flexibility index (Phi) is 9.23. The number of carbonyl (C=O) groups is 1. The van der Waals surface area contributed by atoms with Gasteiger partial charge in [-0.15, -0.1) is 11.3 Å². The van der Waals surface area contributed by atoms with Crippen molar-refractivity contribution >= 4 is 45.0 Å². The number of benzene rings is 2. The zero-order valence-electron chi connectivity index (χ0n) is 23.3. The van der Waals surface area contributed by atoms with Gasteiger partial charge in [-0.25, -0.2) is 19.7 Å². The Bertz CT molecular complexity index is 1680. The zero-order valence-corrected chi connectivity index (χ0v) is 24.2. The molecule has 12 heteroatoms. The monoisotopic (exact) mass is 581 g/mol. The molecule has 42 heavy (non-hydrogen) atoms. The van der Waals surface area contributed by atoms with Gasteiger partial charge in [-0.05, 0) is 56.9 Å². The molecule has 0 spiro atoms. The minimum absolute atomic E-state index is 0.352. The molecule has 3 heterocycles. The first kappa shape index (κ1) is 28.5. The SMILES string of the molecule is CN(C)CCCOc1ccc(-c2nc3ncc(C#N)c(NCCc4cnc(NC(=O)Nc5ccccc5)s4)c3[nH]2)cc1. The van der Waals surface area contributed by atoms with Crippen LogP contribution in [0, 0.1) is 11.3 Å². The average molecular weight is 582 g/mol. The number of H-pyrrole nitrogens is 1. The number of aromatic amines is 1. The summed E-state index contributed by atoms with van der Waals surface area (Å²) in [6.07, 6.45) is 4.86. The number of carbonyl (C=O) groups excluding carboxylic acids is 1. The summed E-state index contributed by atoms with van der Waals surface area (Å²) in [6.45, 7) is 2.17. The van der Waals surface area contributed by atoms with Gasteiger partial charge in [-0.2, -0.15) is 5.26 Å². The Morgan fingerprint density at radius 1 is 1.07 bits per heavy atom. The van der Waals surface area contributed by atoms with Gasteiger partial charge in [-0.1, -0.05) is 18.2 Å². The Hall–Kier alpha value is -4.99. The number of hydrogen-bond donors (Lipinski definition) is 4. The summed E-state index contributed by atoms with van der Waals surface area (Å²) in [7, 11) is 4.09. The maximum atomic E-state index is 12.3. The van der Waals surface area contributed by atoms with Crippen LogP contribution in [0.25, 0.3) is 22.6 Å². The van der Waals surface area contributed by atoms with Crippen molar-refractivity contribution in [2.45, 2.75) is 12.8 Å². The van der Waals surface area contributed by atoms with Gasteiger partial charge >= 0.3 is 6.03 Å². The van der Waals surface area contributed by atoms with Crippen molar-refractivity contribution in [3.63, 3.8) is 0 Å². The molecule has 0 aliphatic carbocycles. The summed E-state index contributed by atoms with van der Waals surface area (Å²) < 4.78 is 5.84. The summed E-state index contributed by atoms with van der Waals surface area (Å²) in [5.74, 6) is 1.46. The number of thiazole rings is 1. The number of fused-ring (bicyclic) bond motifs is 1. The Labute approximate surface area is 247 Å². The molecule has 0 saturated carbocycles. The van der Waals surface area contributed by atoms with Gasteiger partial charge in [0, 0.05) is 48.0 Å². The number of pyridine rings is 1. The highest BCUT2D eigenvalue weighted by atomic mass is 32.1. The number of urea groups is 1. The van der Waals surface area contributed by atoms with Crippen LogP contribution in [-0.2, 0) is 6.42 Å². The van der Waals surface area contributed by atoms with Crippen molar-refractivity contribution in [3.05, 3.63) is 77.4 Å². The molecule has 0 atom stereocenters. The number of nitriles is 1. The van der Waals surface area contributed by atoms with Gasteiger partial charge in [0.2, 0.25) is 0 Å². The van der Waals surface area contributed by atoms with Gasteiger partial charge in [0.1, 0.15) is 23.2 Å². The largest absolute Gasteiger partial charge is 0.494 e. The van der Waals surface area contributed by atoms with Gasteiger partial charge in [0.25, 0.3) is 0 Å². The van der Waals surface area contributed by atoms with Gasteiger partial charge in [-0.3, -0.25) is 5.32 Å². The lowest BCUT2D eigenvalue weighted by atomic mass is 10.2. The van der Waals surface area contributed by atoms with Crippen LogP contribution in [0.2, 0.25) is 0 Å². The molecule has 5 rings (SSSR count). The topological polar surface area (TPSA) is 144 Å². The second kappa shape index (κ2) is 13.6. The van der Waals surface area contributed by atoms with Crippen LogP contribution in [0.15, 0.2) is 67.0 Å². The molecule has 11 nitrogen and oxygen atoms in total. The maximum absolute atomic E-state index is 12.3. The van der Waals surface area contributed by atoms with E-state index in [2.05, 4.69) is 46.9 Å². The van der Waals surface area contributed by atoms with E-state index in [1.807, 2.05) is 68.7 Å². The molecule has 0 aliphatic heterocycles. The molecular formula is C30H31N9O2S. The number of anilines is 3. The van der Waals surface area contributed by atoms with Crippen molar-refractivity contribution in [1.29, 1.82) is 5.26 Å². The Morgan fingerprint density at radius 3 is 2.64 bits per heavy atom. The van der Waals surface area contributed by atoms with E-state index >= 15 is 0 Å². The van der Waals surface area contributed by atoms with Gasteiger partial charge in [0.15, 0.2) is 10.8 Å². The van der Waals surface area contributed by atoms with Crippen LogP contribution in [0.4, 0.5) is 21.3 Å². The number of nitrogens with one attached hydrogen (secondary N) is 4. The molecular weight excluding hydrogens is 550 g/mol. The van der Waals surface area contributed by atoms with E-state index < -0.39 is 0 Å². The molecule has 0 aliphatic rings. The Morgan fingerprint density at radius 2 is 1.88 bits per heavy atom. The summed E-state index contributed by atoms with van der Waals surface area (Å²) in [5.41, 5.74) is 3.84. The fourth-order valence-electron chi connectivity index (χ4n) is 4.21. The van der Waals surface area contributed by atoms with E-state index in [1.54, 1.807) is 6.20 Å². The average Bonchev–Trinajstić information content (AvgIpc) is 3.63. The number of aromatic nitrogens is 4. The van der Waals surface area contributed by atoms with E-state index in [9.17, 15) is 10.1 Å². The van der Waals surface area contributed by atoms with Crippen molar-refractivity contribution in [1.82, 2.24) is 24.8 Å². The number of rotatable bonds is 12. The van der Waals surface area contributed by atoms with E-state index in [0.717, 1.165) is 29.2 Å². The second-order valence-corrected chi connectivity index (χ2v) is 10.8. The lowest BCUT2D eigenvalue weighted by Crippen LogP contribution is -2.19. The molecule has 0 fully saturated rings. The van der Waals surface area contributed by atoms with Crippen LogP contribution < -0.4 is 20.7 Å². The molecule has 3 aromatic heterocycles. The van der Waals surface area contributed by atoms with Crippen LogP contribution in [0.3, 0.4) is 0 Å². The number of hydrogen-bond acceptors (Lipinski definition) is 9. The van der Waals surface area contributed by atoms with Crippen LogP contribution in [0.1, 0.15) is 16.9 Å². The lowest BCUT2D eigenvalue weighted by molar-refractivity contribution is 0.262. The fraction of sp³-hybridized carbons (Fsp3) is 0.233. The van der Waals surface area contributed by atoms with Crippen molar-refractivity contribution < 1.29 is 9.53 Å². The first-order valence-electron chi connectivity index (χ1n) is 13.5. The molecule has 0 unspecified atom stereocenters. The van der Waals surface area contributed by atoms with Crippen molar-refractivity contribution in [3.8, 4) is 23.2 Å². The summed E-state index contributed by atoms with van der Waals surface area (Å²) >= 11 is 1.40. The van der Waals surface area contributed by atoms with E-state index in [1.165, 1.54) is 17.5 Å². The normalized spacial score (nSPS) is 10.9. The number of para-hydroxylation sites is 1. The van der Waals surface area contributed by atoms with Gasteiger partial charge in [0.05, 0.1) is 17.9 Å². The number of nitrogens with zero attached hydrogens (tertiary/aromatic N) is 5. The highest BCUT2D eigenvalue weighted by Gasteiger charge is 2.15. The minimum Gasteiger partial charge on any atom is -0.494 e. The van der Waals surface area contributed by atoms with Crippen molar-refractivity contribution in [2.75, 3.05) is 49.7 Å². The first-order valence-corrected chi connectivity index (χ1v) is 14.3. The van der Waals surface area contributed by atoms with E-state index in [-0.39, 0.29) is 6.03 Å². The standard InChI is InChI=1S/C30H31N9O2S/c1-39(2)15-6-16-41-23-11-9-20(10-12-23)27-36-26-25(21(17-31)18-33-28(26)37-27)32-14-13-24-19-34-30(42-24)38-29(40)35-22-7-4-3-5-8-22/h3-5,7-12,18-19H,6,13-16H2,1-2H3,(H2,32,33,36,37)(H2,34,35,38,40). The quantitative estimate of drug-likeness (QED) is 0.140. The predicted molar refractivity (Wildman–Crippen MR) is 166 cm³/mol. The third-order valence-electron chi connectivity index (χ3n) is 6.27. The lowest BCUT2D eigenvalue weighted by Gasteiger charge is -2.10. The highest BCUT2D eigenvalue weighted by molar-refractivity contribution is 7.15. The number of amides is 2. The van der Waals surface area contributed by atoms with Gasteiger partial charge < -0.3 is 25.3 Å². The second-order valence-electron chi connectivity index (χ2n) is 9.73. The molecule has 2 amide bonds. The fourth-order valence-corrected chi connectivity index (χ4v) is 5.02. The molecule has 214 valence electrons.